The zero-order valence-corrected chi connectivity index (χ0v) is 10.7. The van der Waals surface area contributed by atoms with Gasteiger partial charge < -0.3 is 15.0 Å². The third-order valence-corrected chi connectivity index (χ3v) is 2.23. The van der Waals surface area contributed by atoms with Gasteiger partial charge in [0.1, 0.15) is 12.4 Å². The van der Waals surface area contributed by atoms with Crippen LogP contribution in [-0.2, 0) is 6.54 Å². The summed E-state index contributed by atoms with van der Waals surface area (Å²) in [6, 6.07) is 1.46. The Labute approximate surface area is 102 Å². The summed E-state index contributed by atoms with van der Waals surface area (Å²) in [5, 5.41) is 3.13. The Bertz CT molecular complexity index is 345. The van der Waals surface area contributed by atoms with Gasteiger partial charge in [0.05, 0.1) is 6.20 Å². The van der Waals surface area contributed by atoms with Crippen LogP contribution in [0.4, 0.5) is 4.39 Å². The average molecular weight is 241 g/mol. The third-order valence-electron chi connectivity index (χ3n) is 2.23. The maximum absolute atomic E-state index is 13.1. The second-order valence-electron chi connectivity index (χ2n) is 4.05. The van der Waals surface area contributed by atoms with Crippen LogP contribution in [-0.4, -0.2) is 43.7 Å². The predicted octanol–water partition coefficient (Wildman–Crippen LogP) is 1.27. The Morgan fingerprint density at radius 2 is 2.24 bits per heavy atom. The molecule has 0 bridgehead atoms. The Kier molecular flexibility index (Phi) is 5.86. The minimum Gasteiger partial charge on any atom is -0.476 e. The molecule has 0 fully saturated rings. The van der Waals surface area contributed by atoms with E-state index in [0.29, 0.717) is 19.0 Å². The fourth-order valence-corrected chi connectivity index (χ4v) is 1.31. The predicted molar refractivity (Wildman–Crippen MR) is 65.6 cm³/mol. The summed E-state index contributed by atoms with van der Waals surface area (Å²) >= 11 is 0. The zero-order chi connectivity index (χ0) is 12.7. The number of ether oxygens (including phenoxy) is 1. The molecule has 5 heteroatoms. The number of nitrogens with one attached hydrogen (secondary N) is 1. The van der Waals surface area contributed by atoms with Gasteiger partial charge >= 0.3 is 0 Å². The van der Waals surface area contributed by atoms with E-state index in [1.165, 1.54) is 12.3 Å². The van der Waals surface area contributed by atoms with Gasteiger partial charge in [0.2, 0.25) is 5.88 Å². The third kappa shape index (κ3) is 5.10. The first kappa shape index (κ1) is 13.9. The van der Waals surface area contributed by atoms with Gasteiger partial charge in [0.25, 0.3) is 0 Å². The van der Waals surface area contributed by atoms with Crippen molar-refractivity contribution in [2.24, 2.45) is 0 Å². The van der Waals surface area contributed by atoms with Gasteiger partial charge in [0, 0.05) is 18.7 Å². The van der Waals surface area contributed by atoms with Crippen molar-refractivity contribution in [3.63, 3.8) is 0 Å². The molecule has 4 nitrogen and oxygen atoms in total. The van der Waals surface area contributed by atoms with Crippen LogP contribution in [0.25, 0.3) is 0 Å². The molecule has 1 heterocycles. The molecular formula is C12H20FN3O. The molecule has 1 aromatic rings. The highest BCUT2D eigenvalue weighted by molar-refractivity contribution is 5.26. The van der Waals surface area contributed by atoms with Crippen LogP contribution in [0.15, 0.2) is 12.3 Å². The van der Waals surface area contributed by atoms with E-state index >= 15 is 0 Å². The van der Waals surface area contributed by atoms with Gasteiger partial charge in [-0.25, -0.2) is 9.37 Å². The molecule has 17 heavy (non-hydrogen) atoms. The van der Waals surface area contributed by atoms with E-state index in [-0.39, 0.29) is 5.82 Å². The Hall–Kier alpha value is -1.20. The second kappa shape index (κ2) is 7.19. The highest BCUT2D eigenvalue weighted by Crippen LogP contribution is 2.15. The topological polar surface area (TPSA) is 37.4 Å². The molecular weight excluding hydrogens is 221 g/mol. The van der Waals surface area contributed by atoms with E-state index in [0.717, 1.165) is 18.7 Å². The summed E-state index contributed by atoms with van der Waals surface area (Å²) < 4.78 is 18.6. The van der Waals surface area contributed by atoms with Crippen molar-refractivity contribution in [1.82, 2.24) is 15.2 Å². The summed E-state index contributed by atoms with van der Waals surface area (Å²) in [6.45, 7) is 4.75. The second-order valence-corrected chi connectivity index (χ2v) is 4.05. The minimum atomic E-state index is -0.335. The van der Waals surface area contributed by atoms with E-state index in [2.05, 4.69) is 10.3 Å². The largest absolute Gasteiger partial charge is 0.476 e. The molecule has 0 amide bonds. The van der Waals surface area contributed by atoms with Crippen molar-refractivity contribution in [3.05, 3.63) is 23.6 Å². The van der Waals surface area contributed by atoms with Crippen LogP contribution in [0.2, 0.25) is 0 Å². The fraction of sp³-hybridized carbons (Fsp3) is 0.583. The summed E-state index contributed by atoms with van der Waals surface area (Å²) in [6.07, 6.45) is 1.18. The van der Waals surface area contributed by atoms with Crippen LogP contribution in [0.3, 0.4) is 0 Å². The fourth-order valence-electron chi connectivity index (χ4n) is 1.31. The van der Waals surface area contributed by atoms with Gasteiger partial charge in [-0.3, -0.25) is 0 Å². The molecule has 0 atom stereocenters. The number of rotatable bonds is 7. The normalized spacial score (nSPS) is 10.9. The lowest BCUT2D eigenvalue weighted by Crippen LogP contribution is -2.21. The number of likely N-dealkylation sites (N-methyl/N-ethyl adjacent to an activating group) is 1. The first-order valence-electron chi connectivity index (χ1n) is 5.76. The highest BCUT2D eigenvalue weighted by Gasteiger charge is 2.07. The monoisotopic (exact) mass is 241 g/mol. The number of nitrogens with zero attached hydrogens (tertiary/aromatic N) is 2. The lowest BCUT2D eigenvalue weighted by atomic mass is 10.2. The van der Waals surface area contributed by atoms with Crippen LogP contribution < -0.4 is 10.1 Å². The summed E-state index contributed by atoms with van der Waals surface area (Å²) in [5.74, 6) is 0.173. The first-order valence-corrected chi connectivity index (χ1v) is 5.76. The summed E-state index contributed by atoms with van der Waals surface area (Å²) in [7, 11) is 3.95. The lowest BCUT2D eigenvalue weighted by Gasteiger charge is -2.13. The standard InChI is InChI=1S/C12H20FN3O/c1-4-14-8-10-7-11(13)9-15-12(10)17-6-5-16(2)3/h7,9,14H,4-6,8H2,1-3H3. The van der Waals surface area contributed by atoms with Crippen LogP contribution in [0.5, 0.6) is 5.88 Å². The number of hydrogen-bond acceptors (Lipinski definition) is 4. The Morgan fingerprint density at radius 3 is 2.88 bits per heavy atom. The first-order chi connectivity index (χ1) is 8.13. The van der Waals surface area contributed by atoms with E-state index in [9.17, 15) is 4.39 Å². The van der Waals surface area contributed by atoms with Crippen LogP contribution >= 0.6 is 0 Å². The van der Waals surface area contributed by atoms with Gasteiger partial charge in [-0.2, -0.15) is 0 Å². The van der Waals surface area contributed by atoms with Crippen molar-refractivity contribution in [2.75, 3.05) is 33.8 Å². The number of aromatic nitrogens is 1. The van der Waals surface area contributed by atoms with Crippen molar-refractivity contribution in [2.45, 2.75) is 13.5 Å². The van der Waals surface area contributed by atoms with Crippen molar-refractivity contribution in [3.8, 4) is 5.88 Å². The van der Waals surface area contributed by atoms with Gasteiger partial charge in [-0.1, -0.05) is 6.92 Å². The van der Waals surface area contributed by atoms with E-state index < -0.39 is 0 Å². The molecule has 0 spiro atoms. The molecule has 0 saturated heterocycles. The number of halogens is 1. The molecule has 96 valence electrons. The quantitative estimate of drug-likeness (QED) is 0.780. The van der Waals surface area contributed by atoms with Gasteiger partial charge in [0.15, 0.2) is 0 Å². The molecule has 1 rings (SSSR count). The average Bonchev–Trinajstić information content (AvgIpc) is 2.28. The molecule has 0 aromatic carbocycles. The van der Waals surface area contributed by atoms with Crippen LogP contribution in [0.1, 0.15) is 12.5 Å². The molecule has 0 saturated carbocycles. The van der Waals surface area contributed by atoms with Gasteiger partial charge in [-0.05, 0) is 26.7 Å². The summed E-state index contributed by atoms with van der Waals surface area (Å²) in [5.41, 5.74) is 0.755. The number of pyridine rings is 1. The Balaban J connectivity index is 2.62. The van der Waals surface area contributed by atoms with E-state index in [1.54, 1.807) is 0 Å². The SMILES string of the molecule is CCNCc1cc(F)cnc1OCCN(C)C. The minimum absolute atomic E-state index is 0.335. The molecule has 1 aromatic heterocycles. The molecule has 0 aliphatic rings. The molecule has 0 unspecified atom stereocenters. The van der Waals surface area contributed by atoms with Crippen molar-refractivity contribution < 1.29 is 9.13 Å². The van der Waals surface area contributed by atoms with Crippen molar-refractivity contribution in [1.29, 1.82) is 0 Å². The molecule has 0 aliphatic heterocycles. The van der Waals surface area contributed by atoms with Gasteiger partial charge in [-0.15, -0.1) is 0 Å². The number of hydrogen-bond donors (Lipinski definition) is 1. The van der Waals surface area contributed by atoms with E-state index in [1.807, 2.05) is 25.9 Å². The molecule has 1 N–H and O–H groups in total. The van der Waals surface area contributed by atoms with Crippen LogP contribution in [0, 0.1) is 5.82 Å². The highest BCUT2D eigenvalue weighted by atomic mass is 19.1. The van der Waals surface area contributed by atoms with Crippen molar-refractivity contribution >= 4 is 0 Å². The molecule has 0 aliphatic carbocycles. The van der Waals surface area contributed by atoms with E-state index in [4.69, 9.17) is 4.74 Å². The lowest BCUT2D eigenvalue weighted by molar-refractivity contribution is 0.251. The summed E-state index contributed by atoms with van der Waals surface area (Å²) in [4.78, 5) is 5.99. The maximum Gasteiger partial charge on any atom is 0.218 e. The zero-order valence-electron chi connectivity index (χ0n) is 10.7. The Morgan fingerprint density at radius 1 is 1.47 bits per heavy atom. The molecule has 0 radical (unpaired) electrons. The maximum atomic E-state index is 13.1. The smallest absolute Gasteiger partial charge is 0.218 e.